The van der Waals surface area contributed by atoms with E-state index in [0.29, 0.717) is 5.91 Å². The zero-order valence-corrected chi connectivity index (χ0v) is 10.5. The van der Waals surface area contributed by atoms with Gasteiger partial charge in [0.1, 0.15) is 5.75 Å². The SMILES string of the molecule is COc1ccc(CCN2CCCC2=O)cc1C. The van der Waals surface area contributed by atoms with Crippen molar-refractivity contribution in [2.75, 3.05) is 20.2 Å². The average Bonchev–Trinajstić information content (AvgIpc) is 2.72. The van der Waals surface area contributed by atoms with Crippen LogP contribution in [0.2, 0.25) is 0 Å². The van der Waals surface area contributed by atoms with Gasteiger partial charge in [-0.25, -0.2) is 0 Å². The van der Waals surface area contributed by atoms with Gasteiger partial charge in [-0.1, -0.05) is 12.1 Å². The van der Waals surface area contributed by atoms with Crippen LogP contribution >= 0.6 is 0 Å². The molecule has 1 aromatic carbocycles. The molecule has 3 heteroatoms. The summed E-state index contributed by atoms with van der Waals surface area (Å²) in [5, 5.41) is 0. The number of rotatable bonds is 4. The molecule has 92 valence electrons. The second-order valence-electron chi connectivity index (χ2n) is 4.54. The molecule has 1 heterocycles. The zero-order chi connectivity index (χ0) is 12.3. The topological polar surface area (TPSA) is 29.5 Å². The second kappa shape index (κ2) is 5.21. The maximum Gasteiger partial charge on any atom is 0.222 e. The minimum atomic E-state index is 0.301. The lowest BCUT2D eigenvalue weighted by Gasteiger charge is -2.15. The molecule has 0 radical (unpaired) electrons. The molecule has 3 nitrogen and oxygen atoms in total. The average molecular weight is 233 g/mol. The fourth-order valence-corrected chi connectivity index (χ4v) is 2.30. The van der Waals surface area contributed by atoms with E-state index in [-0.39, 0.29) is 0 Å². The number of benzene rings is 1. The highest BCUT2D eigenvalue weighted by Crippen LogP contribution is 2.19. The normalized spacial score (nSPS) is 15.4. The number of ether oxygens (including phenoxy) is 1. The van der Waals surface area contributed by atoms with E-state index in [2.05, 4.69) is 12.1 Å². The predicted octanol–water partition coefficient (Wildman–Crippen LogP) is 2.17. The van der Waals surface area contributed by atoms with Crippen LogP contribution in [0.15, 0.2) is 18.2 Å². The summed E-state index contributed by atoms with van der Waals surface area (Å²) in [5.74, 6) is 1.22. The van der Waals surface area contributed by atoms with Crippen molar-refractivity contribution in [1.29, 1.82) is 0 Å². The standard InChI is InChI=1S/C14H19NO2/c1-11-10-12(5-6-13(11)17-2)7-9-15-8-3-4-14(15)16/h5-6,10H,3-4,7-9H2,1-2H3. The number of nitrogens with zero attached hydrogens (tertiary/aromatic N) is 1. The van der Waals surface area contributed by atoms with E-state index in [0.717, 1.165) is 43.7 Å². The van der Waals surface area contributed by atoms with Gasteiger partial charge in [0, 0.05) is 19.5 Å². The first-order chi connectivity index (χ1) is 8.20. The summed E-state index contributed by atoms with van der Waals surface area (Å²) in [4.78, 5) is 13.4. The van der Waals surface area contributed by atoms with Crippen molar-refractivity contribution in [3.05, 3.63) is 29.3 Å². The van der Waals surface area contributed by atoms with Crippen LogP contribution in [0.1, 0.15) is 24.0 Å². The van der Waals surface area contributed by atoms with Crippen LogP contribution in [0.5, 0.6) is 5.75 Å². The Morgan fingerprint density at radius 2 is 2.24 bits per heavy atom. The molecule has 2 rings (SSSR count). The number of methoxy groups -OCH3 is 1. The van der Waals surface area contributed by atoms with Gasteiger partial charge in [-0.2, -0.15) is 0 Å². The maximum atomic E-state index is 11.5. The van der Waals surface area contributed by atoms with Crippen LogP contribution in [0, 0.1) is 6.92 Å². The van der Waals surface area contributed by atoms with E-state index >= 15 is 0 Å². The third-order valence-electron chi connectivity index (χ3n) is 3.30. The molecule has 1 amide bonds. The first-order valence-electron chi connectivity index (χ1n) is 6.12. The minimum Gasteiger partial charge on any atom is -0.496 e. The fraction of sp³-hybridized carbons (Fsp3) is 0.500. The van der Waals surface area contributed by atoms with Gasteiger partial charge in [-0.3, -0.25) is 4.79 Å². The fourth-order valence-electron chi connectivity index (χ4n) is 2.30. The van der Waals surface area contributed by atoms with Gasteiger partial charge in [-0.05, 0) is 37.0 Å². The molecule has 1 aromatic rings. The summed E-state index contributed by atoms with van der Waals surface area (Å²) in [6, 6.07) is 6.21. The Bertz CT molecular complexity index is 415. The van der Waals surface area contributed by atoms with Crippen LogP contribution in [-0.2, 0) is 11.2 Å². The van der Waals surface area contributed by atoms with Crippen molar-refractivity contribution < 1.29 is 9.53 Å². The zero-order valence-electron chi connectivity index (χ0n) is 10.5. The van der Waals surface area contributed by atoms with Gasteiger partial charge in [0.05, 0.1) is 7.11 Å². The molecule has 1 aliphatic heterocycles. The smallest absolute Gasteiger partial charge is 0.222 e. The third kappa shape index (κ3) is 2.78. The summed E-state index contributed by atoms with van der Waals surface area (Å²) < 4.78 is 5.23. The van der Waals surface area contributed by atoms with E-state index in [1.54, 1.807) is 7.11 Å². The predicted molar refractivity (Wildman–Crippen MR) is 67.2 cm³/mol. The summed E-state index contributed by atoms with van der Waals surface area (Å²) in [5.41, 5.74) is 2.42. The highest BCUT2D eigenvalue weighted by Gasteiger charge is 2.19. The summed E-state index contributed by atoms with van der Waals surface area (Å²) in [6.45, 7) is 3.81. The molecule has 0 unspecified atom stereocenters. The van der Waals surface area contributed by atoms with Crippen molar-refractivity contribution in [2.24, 2.45) is 0 Å². The van der Waals surface area contributed by atoms with E-state index in [1.165, 1.54) is 5.56 Å². The molecule has 1 fully saturated rings. The van der Waals surface area contributed by atoms with Crippen LogP contribution in [-0.4, -0.2) is 31.0 Å². The van der Waals surface area contributed by atoms with Gasteiger partial charge in [0.15, 0.2) is 0 Å². The van der Waals surface area contributed by atoms with Crippen LogP contribution in [0.25, 0.3) is 0 Å². The second-order valence-corrected chi connectivity index (χ2v) is 4.54. The first kappa shape index (κ1) is 12.0. The highest BCUT2D eigenvalue weighted by atomic mass is 16.5. The van der Waals surface area contributed by atoms with E-state index in [1.807, 2.05) is 17.9 Å². The summed E-state index contributed by atoms with van der Waals surface area (Å²) >= 11 is 0. The molecule has 1 aliphatic rings. The molecular formula is C14H19NO2. The number of carbonyl (C=O) groups excluding carboxylic acids is 1. The molecule has 17 heavy (non-hydrogen) atoms. The number of carbonyl (C=O) groups is 1. The first-order valence-corrected chi connectivity index (χ1v) is 6.12. The molecule has 0 saturated carbocycles. The Labute approximate surface area is 102 Å². The lowest BCUT2D eigenvalue weighted by atomic mass is 10.1. The van der Waals surface area contributed by atoms with Crippen molar-refractivity contribution in [3.8, 4) is 5.75 Å². The van der Waals surface area contributed by atoms with Crippen LogP contribution < -0.4 is 4.74 Å². The summed E-state index contributed by atoms with van der Waals surface area (Å²) in [7, 11) is 1.69. The quantitative estimate of drug-likeness (QED) is 0.797. The van der Waals surface area contributed by atoms with Crippen molar-refractivity contribution >= 4 is 5.91 Å². The van der Waals surface area contributed by atoms with E-state index in [4.69, 9.17) is 4.74 Å². The number of hydrogen-bond acceptors (Lipinski definition) is 2. The van der Waals surface area contributed by atoms with Crippen LogP contribution in [0.4, 0.5) is 0 Å². The lowest BCUT2D eigenvalue weighted by Crippen LogP contribution is -2.26. The van der Waals surface area contributed by atoms with Crippen molar-refractivity contribution in [2.45, 2.75) is 26.2 Å². The maximum absolute atomic E-state index is 11.5. The number of hydrogen-bond donors (Lipinski definition) is 0. The van der Waals surface area contributed by atoms with Crippen molar-refractivity contribution in [1.82, 2.24) is 4.90 Å². The Hall–Kier alpha value is -1.51. The minimum absolute atomic E-state index is 0.301. The molecule has 0 atom stereocenters. The monoisotopic (exact) mass is 233 g/mol. The molecule has 0 aromatic heterocycles. The molecular weight excluding hydrogens is 214 g/mol. The van der Waals surface area contributed by atoms with Gasteiger partial charge < -0.3 is 9.64 Å². The number of amides is 1. The molecule has 0 N–H and O–H groups in total. The van der Waals surface area contributed by atoms with Gasteiger partial charge in [0.25, 0.3) is 0 Å². The Kier molecular flexibility index (Phi) is 3.67. The van der Waals surface area contributed by atoms with Crippen LogP contribution in [0.3, 0.4) is 0 Å². The Morgan fingerprint density at radius 3 is 2.82 bits per heavy atom. The largest absolute Gasteiger partial charge is 0.496 e. The molecule has 0 bridgehead atoms. The van der Waals surface area contributed by atoms with E-state index < -0.39 is 0 Å². The molecule has 0 spiro atoms. The molecule has 1 saturated heterocycles. The number of likely N-dealkylation sites (tertiary alicyclic amines) is 1. The highest BCUT2D eigenvalue weighted by molar-refractivity contribution is 5.78. The molecule has 0 aliphatic carbocycles. The Balaban J connectivity index is 1.95. The van der Waals surface area contributed by atoms with Gasteiger partial charge >= 0.3 is 0 Å². The van der Waals surface area contributed by atoms with Gasteiger partial charge in [0.2, 0.25) is 5.91 Å². The third-order valence-corrected chi connectivity index (χ3v) is 3.30. The Morgan fingerprint density at radius 1 is 1.41 bits per heavy atom. The van der Waals surface area contributed by atoms with E-state index in [9.17, 15) is 4.79 Å². The van der Waals surface area contributed by atoms with Gasteiger partial charge in [-0.15, -0.1) is 0 Å². The lowest BCUT2D eigenvalue weighted by molar-refractivity contribution is -0.127. The number of aryl methyl sites for hydroxylation is 1. The van der Waals surface area contributed by atoms with Crippen molar-refractivity contribution in [3.63, 3.8) is 0 Å². The summed E-state index contributed by atoms with van der Waals surface area (Å²) in [6.07, 6.45) is 2.67.